The summed E-state index contributed by atoms with van der Waals surface area (Å²) >= 11 is 0. The van der Waals surface area contributed by atoms with E-state index < -0.39 is 28.3 Å². The summed E-state index contributed by atoms with van der Waals surface area (Å²) in [5.74, 6) is 1.75. The van der Waals surface area contributed by atoms with Crippen LogP contribution < -0.4 is 11.1 Å². The number of nitrogens with two attached hydrogens (primary N) is 1. The van der Waals surface area contributed by atoms with Crippen molar-refractivity contribution in [3.8, 4) is 0 Å². The molecule has 0 spiro atoms. The Morgan fingerprint density at radius 1 is 0.981 bits per heavy atom. The number of hydrogen-bond donors (Lipinski definition) is 5. The molecule has 14 atom stereocenters. The van der Waals surface area contributed by atoms with Gasteiger partial charge >= 0.3 is 0 Å². The molecule has 0 bridgehead atoms. The lowest BCUT2D eigenvalue weighted by Crippen LogP contribution is -2.64. The third-order valence-electron chi connectivity index (χ3n) is 17.9. The molecule has 3 aliphatic heterocycles. The molecule has 3 heterocycles. The summed E-state index contributed by atoms with van der Waals surface area (Å²) < 4.78 is 13.9. The van der Waals surface area contributed by atoms with Gasteiger partial charge in [-0.15, -0.1) is 0 Å². The van der Waals surface area contributed by atoms with Gasteiger partial charge in [-0.3, -0.25) is 4.79 Å². The third kappa shape index (κ3) is 5.71. The summed E-state index contributed by atoms with van der Waals surface area (Å²) in [6, 6.07) is 0. The molecule has 0 aromatic heterocycles. The molecule has 52 heavy (non-hydrogen) atoms. The van der Waals surface area contributed by atoms with Crippen molar-refractivity contribution >= 4 is 5.78 Å². The Kier molecular flexibility index (Phi) is 9.78. The number of rotatable bonds is 8. The smallest absolute Gasteiger partial charge is 0.159 e. The number of aliphatic hydroxyl groups is 3. The Morgan fingerprint density at radius 3 is 2.48 bits per heavy atom. The molecule has 8 nitrogen and oxygen atoms in total. The van der Waals surface area contributed by atoms with Crippen LogP contribution in [0.25, 0.3) is 0 Å². The fourth-order valence-corrected chi connectivity index (χ4v) is 14.4. The second-order valence-electron chi connectivity index (χ2n) is 20.8. The Balaban J connectivity index is 1.09. The molecule has 7 fully saturated rings. The van der Waals surface area contributed by atoms with Crippen LogP contribution in [0.15, 0.2) is 11.6 Å². The second-order valence-corrected chi connectivity index (χ2v) is 20.8. The van der Waals surface area contributed by atoms with Crippen LogP contribution in [0, 0.1) is 51.8 Å². The summed E-state index contributed by atoms with van der Waals surface area (Å²) in [4.78, 5) is 14.4. The quantitative estimate of drug-likeness (QED) is 0.177. The average Bonchev–Trinajstić information content (AvgIpc) is 3.88. The number of piperidine rings is 1. The van der Waals surface area contributed by atoms with Gasteiger partial charge in [0.1, 0.15) is 17.8 Å². The highest BCUT2D eigenvalue weighted by Gasteiger charge is 2.75. The number of ketones is 1. The van der Waals surface area contributed by atoms with E-state index in [2.05, 4.69) is 33.0 Å². The van der Waals surface area contributed by atoms with Crippen LogP contribution in [0.2, 0.25) is 0 Å². The standard InChI is InChI=1S/C44H72N2O6/c1-27-16-22-51-43(26-27,38-37(52-38)41(5,49)39(2,3)17-11-28-15-21-46-36(45)23-28)35-14-20-44(50)32-25-34(48)33-24-30(47)12-19-42(33,29-9-7-6-8-10-29)31(32)13-18-40(35,44)4/h25,27-31,33,35-38,46-47,49-50H,6-24,26,45H2,1-5H3/t27-,28?,30-,31+,33+,35+,36?,37-,38+,40+,41-,42-,43+,44-/m0/s1. The van der Waals surface area contributed by atoms with Gasteiger partial charge in [0.25, 0.3) is 0 Å². The highest BCUT2D eigenvalue weighted by molar-refractivity contribution is 5.95. The number of carbonyl (C=O) groups is 1. The molecule has 6 N–H and O–H groups in total. The number of allylic oxidation sites excluding steroid dienone is 1. The molecule has 0 radical (unpaired) electrons. The van der Waals surface area contributed by atoms with Gasteiger partial charge in [0.15, 0.2) is 5.78 Å². The molecule has 3 saturated heterocycles. The first kappa shape index (κ1) is 38.0. The van der Waals surface area contributed by atoms with Crippen molar-refractivity contribution in [1.82, 2.24) is 5.32 Å². The predicted molar refractivity (Wildman–Crippen MR) is 202 cm³/mol. The third-order valence-corrected chi connectivity index (χ3v) is 17.9. The molecule has 0 aromatic rings. The van der Waals surface area contributed by atoms with Gasteiger partial charge in [-0.1, -0.05) is 47.0 Å². The molecule has 8 rings (SSSR count). The van der Waals surface area contributed by atoms with E-state index in [-0.39, 0.29) is 52.7 Å². The number of ether oxygens (including phenoxy) is 2. The van der Waals surface area contributed by atoms with Crippen molar-refractivity contribution in [1.29, 1.82) is 0 Å². The van der Waals surface area contributed by atoms with Gasteiger partial charge in [0.05, 0.1) is 23.5 Å². The van der Waals surface area contributed by atoms with E-state index in [1.165, 1.54) is 32.1 Å². The van der Waals surface area contributed by atoms with Gasteiger partial charge < -0.3 is 35.8 Å². The van der Waals surface area contributed by atoms with Crippen molar-refractivity contribution in [3.63, 3.8) is 0 Å². The number of nitrogens with one attached hydrogen (secondary N) is 1. The van der Waals surface area contributed by atoms with Gasteiger partial charge in [-0.05, 0) is 162 Å². The molecule has 4 saturated carbocycles. The maximum absolute atomic E-state index is 14.4. The highest BCUT2D eigenvalue weighted by Crippen LogP contribution is 2.72. The number of fused-ring (bicyclic) bond motifs is 5. The fraction of sp³-hybridized carbons (Fsp3) is 0.932. The molecule has 294 valence electrons. The van der Waals surface area contributed by atoms with Crippen LogP contribution in [0.5, 0.6) is 0 Å². The Labute approximate surface area is 313 Å². The van der Waals surface area contributed by atoms with Crippen molar-refractivity contribution in [2.24, 2.45) is 57.5 Å². The molecular weight excluding hydrogens is 652 g/mol. The molecule has 5 aliphatic carbocycles. The minimum absolute atomic E-state index is 0.0476. The predicted octanol–water partition coefficient (Wildman–Crippen LogP) is 6.58. The van der Waals surface area contributed by atoms with E-state index in [0.29, 0.717) is 37.2 Å². The second kappa shape index (κ2) is 13.4. The highest BCUT2D eigenvalue weighted by atomic mass is 16.6. The first-order chi connectivity index (χ1) is 24.6. The van der Waals surface area contributed by atoms with E-state index in [1.807, 2.05) is 13.0 Å². The molecule has 2 unspecified atom stereocenters. The van der Waals surface area contributed by atoms with E-state index in [9.17, 15) is 20.1 Å². The first-order valence-corrected chi connectivity index (χ1v) is 21.8. The first-order valence-electron chi connectivity index (χ1n) is 21.8. The summed E-state index contributed by atoms with van der Waals surface area (Å²) in [5.41, 5.74) is 3.51. The Hall–Kier alpha value is -0.870. The summed E-state index contributed by atoms with van der Waals surface area (Å²) in [7, 11) is 0. The SMILES string of the molecule is C[C@H]1CCO[C@@]([C@@H]2O[C@@H]2[C@](C)(O)C(C)(C)CCC2CCNC(N)C2)([C@@H]2CC[C@]3(O)C4=CC(=O)[C@H]5C[C@@H](O)CC[C@]5(C5CCCCC5)[C@@H]4CC[C@]23C)C1. The number of aliphatic hydroxyl groups excluding tert-OH is 1. The van der Waals surface area contributed by atoms with Crippen LogP contribution in [-0.2, 0) is 14.3 Å². The minimum Gasteiger partial charge on any atom is -0.393 e. The van der Waals surface area contributed by atoms with E-state index in [1.54, 1.807) is 0 Å². The lowest BCUT2D eigenvalue weighted by Gasteiger charge is -2.64. The molecule has 0 amide bonds. The maximum atomic E-state index is 14.4. The van der Waals surface area contributed by atoms with Crippen molar-refractivity contribution in [3.05, 3.63) is 11.6 Å². The zero-order chi connectivity index (χ0) is 36.9. The minimum atomic E-state index is -1.09. The average molecular weight is 725 g/mol. The lowest BCUT2D eigenvalue weighted by molar-refractivity contribution is -0.197. The van der Waals surface area contributed by atoms with Gasteiger partial charge in [-0.2, -0.15) is 0 Å². The molecule has 0 aromatic carbocycles. The lowest BCUT2D eigenvalue weighted by atomic mass is 9.41. The van der Waals surface area contributed by atoms with Crippen molar-refractivity contribution < 1.29 is 29.6 Å². The van der Waals surface area contributed by atoms with Crippen LogP contribution in [-0.4, -0.2) is 75.5 Å². The van der Waals surface area contributed by atoms with Gasteiger partial charge in [0, 0.05) is 17.9 Å². The van der Waals surface area contributed by atoms with Crippen LogP contribution in [0.3, 0.4) is 0 Å². The van der Waals surface area contributed by atoms with Crippen molar-refractivity contribution in [2.75, 3.05) is 13.2 Å². The monoisotopic (exact) mass is 725 g/mol. The van der Waals surface area contributed by atoms with Crippen LogP contribution >= 0.6 is 0 Å². The zero-order valence-electron chi connectivity index (χ0n) is 33.1. The van der Waals surface area contributed by atoms with Crippen LogP contribution in [0.1, 0.15) is 150 Å². The van der Waals surface area contributed by atoms with Gasteiger partial charge in [-0.25, -0.2) is 0 Å². The van der Waals surface area contributed by atoms with Crippen LogP contribution in [0.4, 0.5) is 0 Å². The normalized spacial score (nSPS) is 49.7. The Morgan fingerprint density at radius 2 is 1.75 bits per heavy atom. The molecule has 8 heteroatoms. The van der Waals surface area contributed by atoms with Gasteiger partial charge in [0.2, 0.25) is 0 Å². The zero-order valence-corrected chi connectivity index (χ0v) is 33.1. The summed E-state index contributed by atoms with van der Waals surface area (Å²) in [6.07, 6.45) is 18.5. The molecular formula is C44H72N2O6. The number of carbonyl (C=O) groups excluding carboxylic acids is 1. The largest absolute Gasteiger partial charge is 0.393 e. The maximum Gasteiger partial charge on any atom is 0.159 e. The summed E-state index contributed by atoms with van der Waals surface area (Å²) in [6.45, 7) is 12.7. The topological polar surface area (TPSA) is 138 Å². The van der Waals surface area contributed by atoms with Crippen molar-refractivity contribution in [2.45, 2.75) is 191 Å². The van der Waals surface area contributed by atoms with E-state index in [0.717, 1.165) is 82.7 Å². The summed E-state index contributed by atoms with van der Waals surface area (Å²) in [5, 5.41) is 40.1. The number of hydrogen-bond acceptors (Lipinski definition) is 8. The fourth-order valence-electron chi connectivity index (χ4n) is 14.4. The van der Waals surface area contributed by atoms with E-state index >= 15 is 0 Å². The number of epoxide rings is 1. The molecule has 8 aliphatic rings. The Bertz CT molecular complexity index is 1390. The van der Waals surface area contributed by atoms with E-state index in [4.69, 9.17) is 15.2 Å².